The third-order valence-electron chi connectivity index (χ3n) is 6.06. The third-order valence-corrected chi connectivity index (χ3v) is 6.06. The van der Waals surface area contributed by atoms with E-state index < -0.39 is 0 Å². The molecule has 2 aliphatic rings. The lowest BCUT2D eigenvalue weighted by Gasteiger charge is -2.40. The van der Waals surface area contributed by atoms with Gasteiger partial charge in [0.05, 0.1) is 29.9 Å². The largest absolute Gasteiger partial charge is 0.496 e. The summed E-state index contributed by atoms with van der Waals surface area (Å²) in [6.45, 7) is 2.14. The Balaban J connectivity index is 1.73. The molecular weight excluding hydrogens is 324 g/mol. The second-order valence-electron chi connectivity index (χ2n) is 7.26. The van der Waals surface area contributed by atoms with Crippen molar-refractivity contribution < 1.29 is 4.74 Å². The van der Waals surface area contributed by atoms with Crippen LogP contribution in [-0.4, -0.2) is 30.0 Å². The Labute approximate surface area is 152 Å². The predicted molar refractivity (Wildman–Crippen MR) is 105 cm³/mol. The molecule has 5 nitrogen and oxygen atoms in total. The maximum absolute atomic E-state index is 5.83. The Morgan fingerprint density at radius 2 is 2.12 bits per heavy atom. The highest BCUT2D eigenvalue weighted by atomic mass is 16.5. The second-order valence-corrected chi connectivity index (χ2v) is 7.26. The van der Waals surface area contributed by atoms with Crippen LogP contribution in [0, 0.1) is 6.92 Å². The number of hydrogen-bond acceptors (Lipinski definition) is 4. The lowest BCUT2D eigenvalue weighted by Crippen LogP contribution is -2.46. The second kappa shape index (κ2) is 5.34. The van der Waals surface area contributed by atoms with Crippen LogP contribution in [0.25, 0.3) is 22.2 Å². The maximum Gasteiger partial charge on any atom is 0.125 e. The zero-order valence-corrected chi connectivity index (χ0v) is 15.3. The highest BCUT2D eigenvalue weighted by Gasteiger charge is 2.50. The van der Waals surface area contributed by atoms with Crippen LogP contribution in [0.2, 0.25) is 0 Å². The van der Waals surface area contributed by atoms with Crippen molar-refractivity contribution in [3.05, 3.63) is 41.7 Å². The number of likely N-dealkylation sites (N-methyl/N-ethyl adjacent to an activating group) is 1. The van der Waals surface area contributed by atoms with Gasteiger partial charge in [0.15, 0.2) is 0 Å². The van der Waals surface area contributed by atoms with Gasteiger partial charge in [0.1, 0.15) is 11.6 Å². The predicted octanol–water partition coefficient (Wildman–Crippen LogP) is 4.23. The fourth-order valence-electron chi connectivity index (χ4n) is 4.61. The molecule has 3 heterocycles. The van der Waals surface area contributed by atoms with Gasteiger partial charge in [0.25, 0.3) is 0 Å². The summed E-state index contributed by atoms with van der Waals surface area (Å²) in [5.74, 6) is 2.01. The molecule has 1 fully saturated rings. The molecular formula is C21H22N4O. The number of aliphatic imine (C=N–C) groups is 1. The van der Waals surface area contributed by atoms with E-state index in [4.69, 9.17) is 9.73 Å². The Bertz CT molecular complexity index is 1060. The zero-order valence-electron chi connectivity index (χ0n) is 15.3. The highest BCUT2D eigenvalue weighted by molar-refractivity contribution is 6.03. The Hall–Kier alpha value is -2.82. The van der Waals surface area contributed by atoms with Gasteiger partial charge in [0, 0.05) is 35.5 Å². The molecule has 2 aromatic heterocycles. The molecule has 0 atom stereocenters. The number of amidine groups is 1. The number of aromatic amines is 1. The van der Waals surface area contributed by atoms with Gasteiger partial charge >= 0.3 is 0 Å². The summed E-state index contributed by atoms with van der Waals surface area (Å²) in [5.41, 5.74) is 6.77. The first-order valence-electron chi connectivity index (χ1n) is 9.10. The van der Waals surface area contributed by atoms with E-state index >= 15 is 0 Å². The number of aryl methyl sites for hydroxylation is 1. The number of nitrogens with one attached hydrogen (secondary N) is 2. The van der Waals surface area contributed by atoms with Crippen molar-refractivity contribution in [3.63, 3.8) is 0 Å². The van der Waals surface area contributed by atoms with E-state index in [2.05, 4.69) is 40.4 Å². The molecule has 1 aromatic carbocycles. The van der Waals surface area contributed by atoms with E-state index in [1.807, 2.05) is 19.4 Å². The van der Waals surface area contributed by atoms with E-state index in [1.165, 1.54) is 22.9 Å². The van der Waals surface area contributed by atoms with Gasteiger partial charge in [0.2, 0.25) is 0 Å². The summed E-state index contributed by atoms with van der Waals surface area (Å²) < 4.78 is 5.83. The summed E-state index contributed by atoms with van der Waals surface area (Å²) in [4.78, 5) is 12.7. The standard InChI is InChI=1S/C21H22N4O/c1-12-14-5-8-23-11-16(14)24-19(12)13-9-15-18(17(10-13)26-3)21(6-4-7-21)20(22-2)25-15/h5,8-11,24H,4,6-7H2,1-3H3,(H,22,25). The van der Waals surface area contributed by atoms with Crippen molar-refractivity contribution in [2.24, 2.45) is 4.99 Å². The first kappa shape index (κ1) is 15.4. The Kier molecular flexibility index (Phi) is 3.17. The average molecular weight is 346 g/mol. The molecule has 3 aromatic rings. The lowest BCUT2D eigenvalue weighted by molar-refractivity contribution is 0.322. The molecule has 0 bridgehead atoms. The normalized spacial score (nSPS) is 17.1. The molecule has 1 spiro atoms. The molecule has 0 radical (unpaired) electrons. The SMILES string of the molecule is CNC1=Nc2cc(-c3[nH]c4cnccc4c3C)cc(OC)c2C12CCC2. The van der Waals surface area contributed by atoms with Crippen molar-refractivity contribution in [2.75, 3.05) is 14.2 Å². The summed E-state index contributed by atoms with van der Waals surface area (Å²) in [5, 5.41) is 4.52. The summed E-state index contributed by atoms with van der Waals surface area (Å²) >= 11 is 0. The van der Waals surface area contributed by atoms with Crippen molar-refractivity contribution >= 4 is 22.4 Å². The fraction of sp³-hybridized carbons (Fsp3) is 0.333. The molecule has 5 heteroatoms. The minimum atomic E-state index is 0.0212. The number of nitrogens with zero attached hydrogens (tertiary/aromatic N) is 2. The maximum atomic E-state index is 5.83. The van der Waals surface area contributed by atoms with E-state index in [0.29, 0.717) is 0 Å². The van der Waals surface area contributed by atoms with Crippen LogP contribution in [0.3, 0.4) is 0 Å². The fourth-order valence-corrected chi connectivity index (χ4v) is 4.61. The number of rotatable bonds is 2. The minimum Gasteiger partial charge on any atom is -0.496 e. The number of aromatic nitrogens is 2. The molecule has 1 aliphatic heterocycles. The molecule has 5 rings (SSSR count). The molecule has 26 heavy (non-hydrogen) atoms. The van der Waals surface area contributed by atoms with Gasteiger partial charge < -0.3 is 15.0 Å². The molecule has 0 amide bonds. The van der Waals surface area contributed by atoms with Crippen molar-refractivity contribution in [1.29, 1.82) is 0 Å². The van der Waals surface area contributed by atoms with E-state index in [-0.39, 0.29) is 5.41 Å². The van der Waals surface area contributed by atoms with Crippen LogP contribution in [0.1, 0.15) is 30.4 Å². The van der Waals surface area contributed by atoms with Crippen LogP contribution in [-0.2, 0) is 5.41 Å². The van der Waals surface area contributed by atoms with Crippen LogP contribution >= 0.6 is 0 Å². The van der Waals surface area contributed by atoms with Crippen molar-refractivity contribution in [3.8, 4) is 17.0 Å². The van der Waals surface area contributed by atoms with Gasteiger partial charge in [-0.25, -0.2) is 4.99 Å². The number of methoxy groups -OCH3 is 1. The van der Waals surface area contributed by atoms with Crippen molar-refractivity contribution in [1.82, 2.24) is 15.3 Å². The number of pyridine rings is 1. The number of benzene rings is 1. The summed E-state index contributed by atoms with van der Waals surface area (Å²) in [6, 6.07) is 6.39. The Morgan fingerprint density at radius 1 is 1.27 bits per heavy atom. The molecule has 0 unspecified atom stereocenters. The zero-order chi connectivity index (χ0) is 17.9. The van der Waals surface area contributed by atoms with E-state index in [0.717, 1.165) is 46.9 Å². The van der Waals surface area contributed by atoms with Crippen LogP contribution in [0.15, 0.2) is 35.6 Å². The Morgan fingerprint density at radius 3 is 2.77 bits per heavy atom. The van der Waals surface area contributed by atoms with E-state index in [9.17, 15) is 0 Å². The van der Waals surface area contributed by atoms with Crippen LogP contribution in [0.4, 0.5) is 5.69 Å². The van der Waals surface area contributed by atoms with Crippen LogP contribution in [0.5, 0.6) is 5.75 Å². The molecule has 2 N–H and O–H groups in total. The van der Waals surface area contributed by atoms with Gasteiger partial charge in [-0.15, -0.1) is 0 Å². The lowest BCUT2D eigenvalue weighted by atomic mass is 9.64. The van der Waals surface area contributed by atoms with E-state index in [1.54, 1.807) is 7.11 Å². The average Bonchev–Trinajstić information content (AvgIpc) is 3.16. The molecule has 132 valence electrons. The smallest absolute Gasteiger partial charge is 0.125 e. The van der Waals surface area contributed by atoms with Gasteiger partial charge in [-0.1, -0.05) is 6.42 Å². The number of fused-ring (bicyclic) bond motifs is 3. The van der Waals surface area contributed by atoms with Gasteiger partial charge in [-0.2, -0.15) is 0 Å². The quantitative estimate of drug-likeness (QED) is 0.730. The molecule has 1 saturated carbocycles. The first-order chi connectivity index (χ1) is 12.7. The highest BCUT2D eigenvalue weighted by Crippen LogP contribution is 2.56. The minimum absolute atomic E-state index is 0.0212. The number of ether oxygens (including phenoxy) is 1. The molecule has 1 aliphatic carbocycles. The van der Waals surface area contributed by atoms with Crippen LogP contribution < -0.4 is 10.1 Å². The van der Waals surface area contributed by atoms with Gasteiger partial charge in [-0.3, -0.25) is 4.98 Å². The molecule has 0 saturated heterocycles. The summed E-state index contributed by atoms with van der Waals surface area (Å²) in [6.07, 6.45) is 7.20. The number of hydrogen-bond donors (Lipinski definition) is 2. The topological polar surface area (TPSA) is 62.3 Å². The summed E-state index contributed by atoms with van der Waals surface area (Å²) in [7, 11) is 3.72. The van der Waals surface area contributed by atoms with Gasteiger partial charge in [-0.05, 0) is 43.5 Å². The monoisotopic (exact) mass is 346 g/mol. The third kappa shape index (κ3) is 1.86. The van der Waals surface area contributed by atoms with Crippen molar-refractivity contribution in [2.45, 2.75) is 31.6 Å². The first-order valence-corrected chi connectivity index (χ1v) is 9.10. The number of H-pyrrole nitrogens is 1.